The van der Waals surface area contributed by atoms with Crippen molar-refractivity contribution >= 4 is 23.1 Å². The molecule has 204 valence electrons. The zero-order chi connectivity index (χ0) is 28.3. The van der Waals surface area contributed by atoms with Crippen molar-refractivity contribution in [2.75, 3.05) is 25.7 Å². The Morgan fingerprint density at radius 1 is 0.897 bits per heavy atom. The van der Waals surface area contributed by atoms with Gasteiger partial charge < -0.3 is 19.3 Å². The van der Waals surface area contributed by atoms with E-state index in [0.717, 1.165) is 5.56 Å². The van der Waals surface area contributed by atoms with Gasteiger partial charge in [0.1, 0.15) is 11.5 Å². The van der Waals surface area contributed by atoms with Crippen LogP contribution in [0.1, 0.15) is 56.3 Å². The lowest BCUT2D eigenvalue weighted by Gasteiger charge is -2.26. The minimum atomic E-state index is -0.894. The number of methoxy groups -OCH3 is 2. The lowest BCUT2D eigenvalue weighted by Crippen LogP contribution is -2.29. The molecule has 0 aromatic heterocycles. The Labute approximate surface area is 229 Å². The predicted octanol–water partition coefficient (Wildman–Crippen LogP) is 6.49. The van der Waals surface area contributed by atoms with E-state index in [1.165, 1.54) is 19.1 Å². The summed E-state index contributed by atoms with van der Waals surface area (Å²) in [6, 6.07) is 18.8. The summed E-state index contributed by atoms with van der Waals surface area (Å²) < 4.78 is 16.7. The van der Waals surface area contributed by atoms with Crippen LogP contribution in [0.25, 0.3) is 5.76 Å². The third-order valence-corrected chi connectivity index (χ3v) is 6.70. The highest BCUT2D eigenvalue weighted by molar-refractivity contribution is 6.51. The van der Waals surface area contributed by atoms with Crippen LogP contribution in [0.15, 0.2) is 72.3 Å². The molecule has 4 rings (SSSR count). The van der Waals surface area contributed by atoms with Gasteiger partial charge in [0, 0.05) is 11.3 Å². The van der Waals surface area contributed by atoms with E-state index >= 15 is 0 Å². The highest BCUT2D eigenvalue weighted by atomic mass is 16.5. The lowest BCUT2D eigenvalue weighted by molar-refractivity contribution is -0.132. The second-order valence-electron chi connectivity index (χ2n) is 10.3. The summed E-state index contributed by atoms with van der Waals surface area (Å²) in [6.07, 6.45) is 0. The first-order chi connectivity index (χ1) is 18.7. The summed E-state index contributed by atoms with van der Waals surface area (Å²) in [6.45, 7) is 8.77. The summed E-state index contributed by atoms with van der Waals surface area (Å²) >= 11 is 0. The molecule has 1 saturated heterocycles. The average molecular weight is 530 g/mol. The van der Waals surface area contributed by atoms with E-state index < -0.39 is 17.7 Å². The number of carbonyl (C=O) groups is 2. The number of benzene rings is 3. The Balaban J connectivity index is 1.89. The summed E-state index contributed by atoms with van der Waals surface area (Å²) in [4.78, 5) is 28.5. The fourth-order valence-corrected chi connectivity index (χ4v) is 4.61. The molecule has 1 amide bonds. The normalized spacial score (nSPS) is 16.7. The molecule has 1 fully saturated rings. The van der Waals surface area contributed by atoms with Gasteiger partial charge in [-0.25, -0.2) is 0 Å². The number of nitrogens with zero attached hydrogens (tertiary/aromatic N) is 1. The Bertz CT molecular complexity index is 1390. The van der Waals surface area contributed by atoms with E-state index in [4.69, 9.17) is 14.2 Å². The Hall–Kier alpha value is -4.26. The molecule has 1 aliphatic heterocycles. The molecule has 3 aromatic rings. The first kappa shape index (κ1) is 27.8. The van der Waals surface area contributed by atoms with Crippen LogP contribution in [0.2, 0.25) is 0 Å². The van der Waals surface area contributed by atoms with Gasteiger partial charge in [0.05, 0.1) is 32.4 Å². The molecule has 1 aliphatic rings. The Kier molecular flexibility index (Phi) is 8.29. The number of aliphatic hydroxyl groups is 1. The van der Waals surface area contributed by atoms with Gasteiger partial charge in [0.25, 0.3) is 11.7 Å². The number of aliphatic hydroxyl groups excluding tert-OH is 1. The van der Waals surface area contributed by atoms with Crippen LogP contribution in [0.5, 0.6) is 17.2 Å². The minimum Gasteiger partial charge on any atom is -0.507 e. The van der Waals surface area contributed by atoms with Crippen LogP contribution < -0.4 is 19.1 Å². The molecule has 1 unspecified atom stereocenters. The van der Waals surface area contributed by atoms with Crippen molar-refractivity contribution in [1.82, 2.24) is 0 Å². The van der Waals surface area contributed by atoms with Gasteiger partial charge in [0.2, 0.25) is 0 Å². The van der Waals surface area contributed by atoms with E-state index in [-0.39, 0.29) is 11.3 Å². The second-order valence-corrected chi connectivity index (χ2v) is 10.3. The number of ether oxygens (including phenoxy) is 3. The van der Waals surface area contributed by atoms with Crippen LogP contribution in [-0.2, 0) is 9.59 Å². The van der Waals surface area contributed by atoms with Crippen LogP contribution in [0.4, 0.5) is 5.69 Å². The van der Waals surface area contributed by atoms with Crippen molar-refractivity contribution in [2.24, 2.45) is 5.92 Å². The second kappa shape index (κ2) is 11.6. The van der Waals surface area contributed by atoms with Crippen molar-refractivity contribution in [3.8, 4) is 17.2 Å². The monoisotopic (exact) mass is 529 g/mol. The van der Waals surface area contributed by atoms with Crippen LogP contribution in [-0.4, -0.2) is 37.6 Å². The summed E-state index contributed by atoms with van der Waals surface area (Å²) in [5, 5.41) is 11.5. The highest BCUT2D eigenvalue weighted by Crippen LogP contribution is 2.44. The number of Topliss-reactive ketones (excluding diaryl/α,β-unsaturated/α-hetero) is 1. The van der Waals surface area contributed by atoms with Crippen molar-refractivity contribution in [2.45, 2.75) is 39.7 Å². The van der Waals surface area contributed by atoms with Gasteiger partial charge in [-0.05, 0) is 59.4 Å². The fraction of sp³-hybridized carbons (Fsp3) is 0.312. The molecule has 1 N–H and O–H groups in total. The average Bonchev–Trinajstić information content (AvgIpc) is 3.21. The van der Waals surface area contributed by atoms with E-state index in [0.29, 0.717) is 52.5 Å². The van der Waals surface area contributed by atoms with Gasteiger partial charge >= 0.3 is 0 Å². The molecule has 0 spiro atoms. The van der Waals surface area contributed by atoms with Gasteiger partial charge in [0.15, 0.2) is 11.5 Å². The maximum atomic E-state index is 13.5. The zero-order valence-corrected chi connectivity index (χ0v) is 23.2. The summed E-state index contributed by atoms with van der Waals surface area (Å²) in [5.41, 5.74) is 2.62. The largest absolute Gasteiger partial charge is 0.507 e. The number of ketones is 1. The molecule has 39 heavy (non-hydrogen) atoms. The molecule has 0 saturated carbocycles. The summed E-state index contributed by atoms with van der Waals surface area (Å²) in [5.74, 6) is 0.378. The van der Waals surface area contributed by atoms with Crippen LogP contribution in [0.3, 0.4) is 0 Å². The number of rotatable bonds is 9. The molecular weight excluding hydrogens is 494 g/mol. The molecule has 1 heterocycles. The SMILES string of the molecule is COc1ccc(C2/C(=C(/O)c3cccc(OCC(C)C)c3)C(=O)C(=O)N2c2ccc(C(C)C)cc2)cc1OC. The van der Waals surface area contributed by atoms with E-state index in [9.17, 15) is 14.7 Å². The predicted molar refractivity (Wildman–Crippen MR) is 152 cm³/mol. The Morgan fingerprint density at radius 3 is 2.21 bits per heavy atom. The number of amides is 1. The van der Waals surface area contributed by atoms with Gasteiger partial charge in [-0.2, -0.15) is 0 Å². The van der Waals surface area contributed by atoms with Crippen molar-refractivity contribution in [3.05, 3.63) is 89.0 Å². The van der Waals surface area contributed by atoms with E-state index in [1.807, 2.05) is 38.1 Å². The molecule has 1 atom stereocenters. The number of hydrogen-bond acceptors (Lipinski definition) is 6. The molecule has 7 nitrogen and oxygen atoms in total. The minimum absolute atomic E-state index is 0.0128. The third kappa shape index (κ3) is 5.62. The molecule has 0 bridgehead atoms. The topological polar surface area (TPSA) is 85.3 Å². The lowest BCUT2D eigenvalue weighted by atomic mass is 9.94. The maximum absolute atomic E-state index is 13.5. The van der Waals surface area contributed by atoms with Gasteiger partial charge in [-0.1, -0.05) is 58.0 Å². The highest BCUT2D eigenvalue weighted by Gasteiger charge is 2.47. The third-order valence-electron chi connectivity index (χ3n) is 6.70. The van der Waals surface area contributed by atoms with Crippen molar-refractivity contribution < 1.29 is 28.9 Å². The van der Waals surface area contributed by atoms with Gasteiger partial charge in [-0.15, -0.1) is 0 Å². The Morgan fingerprint density at radius 2 is 1.59 bits per heavy atom. The molecule has 0 aliphatic carbocycles. The van der Waals surface area contributed by atoms with Gasteiger partial charge in [-0.3, -0.25) is 14.5 Å². The zero-order valence-electron chi connectivity index (χ0n) is 23.2. The first-order valence-corrected chi connectivity index (χ1v) is 13.0. The smallest absolute Gasteiger partial charge is 0.300 e. The molecule has 0 radical (unpaired) electrons. The van der Waals surface area contributed by atoms with Crippen LogP contribution >= 0.6 is 0 Å². The van der Waals surface area contributed by atoms with E-state index in [2.05, 4.69) is 13.8 Å². The fourth-order valence-electron chi connectivity index (χ4n) is 4.61. The molecule has 7 heteroatoms. The maximum Gasteiger partial charge on any atom is 0.300 e. The number of carbonyl (C=O) groups excluding carboxylic acids is 2. The number of hydrogen-bond donors (Lipinski definition) is 1. The molecular formula is C32H35NO6. The first-order valence-electron chi connectivity index (χ1n) is 13.0. The quantitative estimate of drug-likeness (QED) is 0.194. The van der Waals surface area contributed by atoms with Crippen LogP contribution in [0, 0.1) is 5.92 Å². The standard InChI is InChI=1S/C32H35NO6/c1-19(2)18-39-25-9-7-8-23(16-25)30(34)28-29(22-12-15-26(37-5)27(17-22)38-6)33(32(36)31(28)35)24-13-10-21(11-14-24)20(3)4/h7-17,19-20,29,34H,18H2,1-6H3/b30-28-. The van der Waals surface area contributed by atoms with E-state index in [1.54, 1.807) is 42.5 Å². The summed E-state index contributed by atoms with van der Waals surface area (Å²) in [7, 11) is 3.06. The van der Waals surface area contributed by atoms with Crippen molar-refractivity contribution in [1.29, 1.82) is 0 Å². The molecule has 3 aromatic carbocycles. The van der Waals surface area contributed by atoms with Crippen molar-refractivity contribution in [3.63, 3.8) is 0 Å². The number of anilines is 1.